The lowest BCUT2D eigenvalue weighted by atomic mass is 10.1. The molecule has 0 aliphatic rings. The molecule has 0 saturated carbocycles. The number of halogens is 3. The highest BCUT2D eigenvalue weighted by Gasteiger charge is 2.17. The van der Waals surface area contributed by atoms with Gasteiger partial charge in [-0.1, -0.05) is 46.9 Å². The lowest BCUT2D eigenvalue weighted by Gasteiger charge is -2.13. The fraction of sp³-hybridized carbons (Fsp3) is 0.0909. The van der Waals surface area contributed by atoms with Crippen LogP contribution in [0.25, 0.3) is 0 Å². The van der Waals surface area contributed by atoms with Crippen molar-refractivity contribution >= 4 is 46.1 Å². The van der Waals surface area contributed by atoms with Crippen molar-refractivity contribution < 1.29 is 0 Å². The number of rotatable bonds is 2. The predicted octanol–water partition coefficient (Wildman–Crippen LogP) is 4.76. The maximum absolute atomic E-state index is 6.11. The van der Waals surface area contributed by atoms with Crippen LogP contribution in [0.5, 0.6) is 0 Å². The molecule has 2 aromatic rings. The number of benzene rings is 1. The van der Waals surface area contributed by atoms with E-state index in [4.69, 9.17) is 40.5 Å². The van der Waals surface area contributed by atoms with Gasteiger partial charge in [-0.15, -0.1) is 11.3 Å². The van der Waals surface area contributed by atoms with Crippen LogP contribution in [0.1, 0.15) is 16.5 Å². The molecule has 0 radical (unpaired) electrons. The van der Waals surface area contributed by atoms with Crippen LogP contribution in [0.3, 0.4) is 0 Å². The van der Waals surface area contributed by atoms with Crippen molar-refractivity contribution in [1.29, 1.82) is 0 Å². The van der Waals surface area contributed by atoms with Crippen molar-refractivity contribution in [3.8, 4) is 0 Å². The molecule has 0 bridgehead atoms. The predicted molar refractivity (Wildman–Crippen MR) is 71.8 cm³/mol. The molecule has 1 aromatic carbocycles. The standard InChI is InChI=1S/C11H8Cl3NS/c12-7-3-1-2-6(9(7)14)10(15)11-8(13)4-5-16-11/h1-5,10H,15H2. The number of thiophene rings is 1. The van der Waals surface area contributed by atoms with Gasteiger partial charge in [0.1, 0.15) is 0 Å². The van der Waals surface area contributed by atoms with E-state index in [0.29, 0.717) is 15.1 Å². The Hall–Kier alpha value is -0.250. The molecule has 2 N–H and O–H groups in total. The summed E-state index contributed by atoms with van der Waals surface area (Å²) in [5.41, 5.74) is 6.90. The molecule has 2 rings (SSSR count). The van der Waals surface area contributed by atoms with E-state index < -0.39 is 0 Å². The van der Waals surface area contributed by atoms with Crippen molar-refractivity contribution in [2.75, 3.05) is 0 Å². The number of nitrogens with two attached hydrogens (primary N) is 1. The molecule has 1 heterocycles. The third-order valence-corrected chi connectivity index (χ3v) is 4.52. The zero-order valence-corrected chi connectivity index (χ0v) is 11.2. The minimum atomic E-state index is -0.335. The fourth-order valence-corrected chi connectivity index (χ4v) is 3.05. The van der Waals surface area contributed by atoms with Crippen molar-refractivity contribution in [2.24, 2.45) is 5.73 Å². The highest BCUT2D eigenvalue weighted by molar-refractivity contribution is 7.10. The van der Waals surface area contributed by atoms with Gasteiger partial charge in [0.15, 0.2) is 0 Å². The zero-order valence-electron chi connectivity index (χ0n) is 8.08. The molecule has 0 saturated heterocycles. The minimum absolute atomic E-state index is 0.335. The summed E-state index contributed by atoms with van der Waals surface area (Å²) in [6.07, 6.45) is 0. The maximum atomic E-state index is 6.11. The first-order valence-electron chi connectivity index (χ1n) is 4.53. The highest BCUT2D eigenvalue weighted by Crippen LogP contribution is 2.36. The first-order chi connectivity index (χ1) is 7.61. The van der Waals surface area contributed by atoms with Crippen LogP contribution in [0, 0.1) is 0 Å². The second-order valence-corrected chi connectivity index (χ2v) is 5.39. The Labute approximate surface area is 113 Å². The van der Waals surface area contributed by atoms with Crippen LogP contribution in [-0.2, 0) is 0 Å². The number of hydrogen-bond donors (Lipinski definition) is 1. The molecular weight excluding hydrogens is 285 g/mol. The smallest absolute Gasteiger partial charge is 0.0676 e. The molecule has 5 heteroatoms. The van der Waals surface area contributed by atoms with Crippen LogP contribution in [-0.4, -0.2) is 0 Å². The Bertz CT molecular complexity index is 510. The summed E-state index contributed by atoms with van der Waals surface area (Å²) in [5.74, 6) is 0. The van der Waals surface area contributed by atoms with E-state index in [-0.39, 0.29) is 6.04 Å². The SMILES string of the molecule is NC(c1cccc(Cl)c1Cl)c1sccc1Cl. The van der Waals surface area contributed by atoms with Gasteiger partial charge in [0.25, 0.3) is 0 Å². The third-order valence-electron chi connectivity index (χ3n) is 2.24. The van der Waals surface area contributed by atoms with E-state index in [0.717, 1.165) is 10.4 Å². The topological polar surface area (TPSA) is 26.0 Å². The maximum Gasteiger partial charge on any atom is 0.0676 e. The number of hydrogen-bond acceptors (Lipinski definition) is 2. The van der Waals surface area contributed by atoms with Gasteiger partial charge in [-0.2, -0.15) is 0 Å². The van der Waals surface area contributed by atoms with Crippen molar-refractivity contribution in [3.05, 3.63) is 55.2 Å². The van der Waals surface area contributed by atoms with E-state index in [1.54, 1.807) is 6.07 Å². The molecule has 0 aliphatic heterocycles. The van der Waals surface area contributed by atoms with Gasteiger partial charge in [-0.3, -0.25) is 0 Å². The molecule has 1 atom stereocenters. The van der Waals surface area contributed by atoms with Crippen LogP contribution in [0.2, 0.25) is 15.1 Å². The Morgan fingerprint density at radius 1 is 1.06 bits per heavy atom. The normalized spacial score (nSPS) is 12.8. The molecule has 0 amide bonds. The van der Waals surface area contributed by atoms with Crippen molar-refractivity contribution in [2.45, 2.75) is 6.04 Å². The molecular formula is C11H8Cl3NS. The molecule has 0 aliphatic carbocycles. The summed E-state index contributed by atoms with van der Waals surface area (Å²) in [6.45, 7) is 0. The van der Waals surface area contributed by atoms with E-state index in [1.807, 2.05) is 23.6 Å². The van der Waals surface area contributed by atoms with Gasteiger partial charge in [-0.05, 0) is 23.1 Å². The first kappa shape index (κ1) is 12.2. The second-order valence-electron chi connectivity index (χ2n) is 3.25. The van der Waals surface area contributed by atoms with Crippen LogP contribution < -0.4 is 5.73 Å². The van der Waals surface area contributed by atoms with Crippen LogP contribution in [0.15, 0.2) is 29.6 Å². The summed E-state index contributed by atoms with van der Waals surface area (Å²) in [6, 6.07) is 6.90. The third kappa shape index (κ3) is 2.22. The molecule has 0 spiro atoms. The lowest BCUT2D eigenvalue weighted by molar-refractivity contribution is 0.894. The van der Waals surface area contributed by atoms with Gasteiger partial charge in [0.2, 0.25) is 0 Å². The van der Waals surface area contributed by atoms with E-state index in [2.05, 4.69) is 0 Å². The van der Waals surface area contributed by atoms with Gasteiger partial charge in [0.05, 0.1) is 21.1 Å². The average Bonchev–Trinajstić information content (AvgIpc) is 2.68. The average molecular weight is 293 g/mol. The summed E-state index contributed by atoms with van der Waals surface area (Å²) in [4.78, 5) is 0.894. The Morgan fingerprint density at radius 2 is 1.81 bits per heavy atom. The summed E-state index contributed by atoms with van der Waals surface area (Å²) in [7, 11) is 0. The zero-order chi connectivity index (χ0) is 11.7. The molecule has 84 valence electrons. The second kappa shape index (κ2) is 4.94. The van der Waals surface area contributed by atoms with Crippen molar-refractivity contribution in [3.63, 3.8) is 0 Å². The summed E-state index contributed by atoms with van der Waals surface area (Å²) < 4.78 is 0. The van der Waals surface area contributed by atoms with E-state index >= 15 is 0 Å². The van der Waals surface area contributed by atoms with E-state index in [1.165, 1.54) is 11.3 Å². The molecule has 1 aromatic heterocycles. The largest absolute Gasteiger partial charge is 0.320 e. The van der Waals surface area contributed by atoms with Crippen LogP contribution >= 0.6 is 46.1 Å². The summed E-state index contributed by atoms with van der Waals surface area (Å²) >= 11 is 19.6. The van der Waals surface area contributed by atoms with Gasteiger partial charge in [0, 0.05) is 4.88 Å². The first-order valence-corrected chi connectivity index (χ1v) is 6.55. The lowest BCUT2D eigenvalue weighted by Crippen LogP contribution is -2.11. The van der Waals surface area contributed by atoms with Gasteiger partial charge in [-0.25, -0.2) is 0 Å². The Kier molecular flexibility index (Phi) is 3.77. The highest BCUT2D eigenvalue weighted by atomic mass is 35.5. The minimum Gasteiger partial charge on any atom is -0.320 e. The van der Waals surface area contributed by atoms with Gasteiger partial charge >= 0.3 is 0 Å². The quantitative estimate of drug-likeness (QED) is 0.849. The molecule has 1 unspecified atom stereocenters. The summed E-state index contributed by atoms with van der Waals surface area (Å²) in [5, 5.41) is 3.55. The van der Waals surface area contributed by atoms with Gasteiger partial charge < -0.3 is 5.73 Å². The Balaban J connectivity index is 2.46. The van der Waals surface area contributed by atoms with E-state index in [9.17, 15) is 0 Å². The fourth-order valence-electron chi connectivity index (χ4n) is 1.43. The van der Waals surface area contributed by atoms with Crippen molar-refractivity contribution in [1.82, 2.24) is 0 Å². The molecule has 1 nitrogen and oxygen atoms in total. The Morgan fingerprint density at radius 3 is 2.44 bits per heavy atom. The monoisotopic (exact) mass is 291 g/mol. The van der Waals surface area contributed by atoms with Crippen LogP contribution in [0.4, 0.5) is 0 Å². The molecule has 16 heavy (non-hydrogen) atoms. The molecule has 0 fully saturated rings.